The SMILES string of the molecule is O=[N+]([O-])c1ccc(OCC(O)SC(O)COc2ccc([N+](=O)[O-])cc2)cc1. The molecular weight excluding hydrogens is 380 g/mol. The zero-order valence-corrected chi connectivity index (χ0v) is 14.7. The number of nitro groups is 2. The van der Waals surface area contributed by atoms with E-state index in [-0.39, 0.29) is 24.6 Å². The average molecular weight is 396 g/mol. The fourth-order valence-corrected chi connectivity index (χ4v) is 2.58. The number of nitro benzene ring substituents is 2. The van der Waals surface area contributed by atoms with Crippen LogP contribution in [0.2, 0.25) is 0 Å². The number of rotatable bonds is 10. The molecular formula is C16H16N2O8S. The lowest BCUT2D eigenvalue weighted by Crippen LogP contribution is -2.22. The summed E-state index contributed by atoms with van der Waals surface area (Å²) < 4.78 is 10.6. The van der Waals surface area contributed by atoms with Gasteiger partial charge in [-0.15, -0.1) is 0 Å². The molecule has 2 rings (SSSR count). The Bertz CT molecular complexity index is 703. The molecule has 0 aliphatic rings. The summed E-state index contributed by atoms with van der Waals surface area (Å²) in [7, 11) is 0. The molecule has 10 nitrogen and oxygen atoms in total. The normalized spacial score (nSPS) is 12.8. The van der Waals surface area contributed by atoms with Gasteiger partial charge in [0.1, 0.15) is 35.6 Å². The van der Waals surface area contributed by atoms with Crippen molar-refractivity contribution in [3.8, 4) is 11.5 Å². The summed E-state index contributed by atoms with van der Waals surface area (Å²) in [5.41, 5.74) is -2.27. The van der Waals surface area contributed by atoms with E-state index in [1.54, 1.807) is 0 Å². The van der Waals surface area contributed by atoms with Gasteiger partial charge >= 0.3 is 0 Å². The van der Waals surface area contributed by atoms with Gasteiger partial charge < -0.3 is 19.7 Å². The lowest BCUT2D eigenvalue weighted by molar-refractivity contribution is -0.385. The molecule has 0 aromatic heterocycles. The third-order valence-corrected chi connectivity index (χ3v) is 4.09. The Morgan fingerprint density at radius 1 is 0.778 bits per heavy atom. The van der Waals surface area contributed by atoms with Crippen LogP contribution in [0.25, 0.3) is 0 Å². The van der Waals surface area contributed by atoms with Gasteiger partial charge in [-0.3, -0.25) is 20.2 Å². The number of non-ortho nitro benzene ring substituents is 2. The minimum Gasteiger partial charge on any atom is -0.490 e. The van der Waals surface area contributed by atoms with Crippen molar-refractivity contribution < 1.29 is 29.5 Å². The topological polar surface area (TPSA) is 145 Å². The first-order chi connectivity index (χ1) is 12.8. The predicted molar refractivity (Wildman–Crippen MR) is 96.8 cm³/mol. The van der Waals surface area contributed by atoms with E-state index in [4.69, 9.17) is 9.47 Å². The minimum atomic E-state index is -1.06. The Balaban J connectivity index is 1.72. The minimum absolute atomic E-state index is 0.0731. The highest BCUT2D eigenvalue weighted by Gasteiger charge is 2.15. The first kappa shape index (κ1) is 20.4. The average Bonchev–Trinajstić information content (AvgIpc) is 2.65. The largest absolute Gasteiger partial charge is 0.490 e. The van der Waals surface area contributed by atoms with Crippen LogP contribution in [0.5, 0.6) is 11.5 Å². The van der Waals surface area contributed by atoms with Crippen LogP contribution in [0.4, 0.5) is 11.4 Å². The number of nitrogens with zero attached hydrogens (tertiary/aromatic N) is 2. The van der Waals surface area contributed by atoms with Gasteiger partial charge in [0.25, 0.3) is 11.4 Å². The maximum Gasteiger partial charge on any atom is 0.269 e. The van der Waals surface area contributed by atoms with E-state index in [0.29, 0.717) is 11.5 Å². The van der Waals surface area contributed by atoms with Crippen LogP contribution in [-0.4, -0.2) is 44.1 Å². The number of thioether (sulfide) groups is 1. The van der Waals surface area contributed by atoms with Crippen molar-refractivity contribution >= 4 is 23.1 Å². The third kappa shape index (κ3) is 6.73. The molecule has 2 N–H and O–H groups in total. The number of hydrogen-bond acceptors (Lipinski definition) is 9. The summed E-state index contributed by atoms with van der Waals surface area (Å²) in [5, 5.41) is 40.8. The Morgan fingerprint density at radius 2 is 1.11 bits per heavy atom. The van der Waals surface area contributed by atoms with Crippen LogP contribution >= 0.6 is 11.8 Å². The van der Waals surface area contributed by atoms with Crippen LogP contribution in [-0.2, 0) is 0 Å². The number of aliphatic hydroxyl groups is 2. The summed E-state index contributed by atoms with van der Waals surface area (Å²) in [6, 6.07) is 10.7. The van der Waals surface area contributed by atoms with Crippen molar-refractivity contribution in [1.82, 2.24) is 0 Å². The van der Waals surface area contributed by atoms with Gasteiger partial charge in [-0.25, -0.2) is 0 Å². The lowest BCUT2D eigenvalue weighted by atomic mass is 10.3. The summed E-state index contributed by atoms with van der Waals surface area (Å²) in [5.74, 6) is 0.689. The second-order valence-electron chi connectivity index (χ2n) is 5.17. The zero-order valence-electron chi connectivity index (χ0n) is 13.8. The van der Waals surface area contributed by atoms with Crippen LogP contribution < -0.4 is 9.47 Å². The van der Waals surface area contributed by atoms with Crippen LogP contribution in [0.3, 0.4) is 0 Å². The summed E-state index contributed by atoms with van der Waals surface area (Å²) >= 11 is 0.799. The summed E-state index contributed by atoms with van der Waals surface area (Å²) in [4.78, 5) is 20.1. The maximum absolute atomic E-state index is 10.6. The highest BCUT2D eigenvalue weighted by atomic mass is 32.2. The quantitative estimate of drug-likeness (QED) is 0.351. The lowest BCUT2D eigenvalue weighted by Gasteiger charge is -2.16. The molecule has 2 unspecified atom stereocenters. The molecule has 2 aromatic rings. The molecule has 0 bridgehead atoms. The van der Waals surface area contributed by atoms with E-state index in [2.05, 4.69) is 0 Å². The molecule has 0 radical (unpaired) electrons. The summed E-state index contributed by atoms with van der Waals surface area (Å²) in [6.07, 6.45) is 0. The first-order valence-corrected chi connectivity index (χ1v) is 8.55. The van der Waals surface area contributed by atoms with Crippen molar-refractivity contribution in [2.75, 3.05) is 13.2 Å². The van der Waals surface area contributed by atoms with Crippen LogP contribution in [0.1, 0.15) is 0 Å². The van der Waals surface area contributed by atoms with Crippen molar-refractivity contribution in [1.29, 1.82) is 0 Å². The van der Waals surface area contributed by atoms with Gasteiger partial charge in [-0.05, 0) is 24.3 Å². The molecule has 0 spiro atoms. The number of ether oxygens (including phenoxy) is 2. The molecule has 0 saturated carbocycles. The second-order valence-corrected chi connectivity index (χ2v) is 6.53. The highest BCUT2D eigenvalue weighted by Crippen LogP contribution is 2.21. The first-order valence-electron chi connectivity index (χ1n) is 7.61. The van der Waals surface area contributed by atoms with E-state index in [9.17, 15) is 30.4 Å². The monoisotopic (exact) mass is 396 g/mol. The van der Waals surface area contributed by atoms with Gasteiger partial charge in [-0.1, -0.05) is 11.8 Å². The fraction of sp³-hybridized carbons (Fsp3) is 0.250. The maximum atomic E-state index is 10.6. The Hall–Kier alpha value is -2.89. The Morgan fingerprint density at radius 3 is 1.41 bits per heavy atom. The van der Waals surface area contributed by atoms with E-state index in [0.717, 1.165) is 11.8 Å². The molecule has 0 fully saturated rings. The molecule has 144 valence electrons. The molecule has 27 heavy (non-hydrogen) atoms. The smallest absolute Gasteiger partial charge is 0.269 e. The van der Waals surface area contributed by atoms with Crippen LogP contribution in [0.15, 0.2) is 48.5 Å². The number of aliphatic hydroxyl groups excluding tert-OH is 2. The van der Waals surface area contributed by atoms with E-state index < -0.39 is 20.7 Å². The molecule has 0 heterocycles. The highest BCUT2D eigenvalue weighted by molar-refractivity contribution is 8.00. The van der Waals surface area contributed by atoms with Crippen LogP contribution in [0, 0.1) is 20.2 Å². The third-order valence-electron chi connectivity index (χ3n) is 3.19. The Labute approximate surface area is 157 Å². The molecule has 0 aliphatic heterocycles. The molecule has 2 aromatic carbocycles. The molecule has 11 heteroatoms. The molecule has 0 aliphatic carbocycles. The Kier molecular flexibility index (Phi) is 7.34. The standard InChI is InChI=1S/C16H16N2O8S/c19-15(9-25-13-5-1-11(2-6-13)17(21)22)27-16(20)10-26-14-7-3-12(4-8-14)18(23)24/h1-8,15-16,19-20H,9-10H2. The van der Waals surface area contributed by atoms with Gasteiger partial charge in [0.2, 0.25) is 0 Å². The summed E-state index contributed by atoms with van der Waals surface area (Å²) in [6.45, 7) is -0.284. The van der Waals surface area contributed by atoms with Crippen molar-refractivity contribution in [3.05, 3.63) is 68.8 Å². The van der Waals surface area contributed by atoms with Gasteiger partial charge in [0.15, 0.2) is 0 Å². The van der Waals surface area contributed by atoms with E-state index in [1.807, 2.05) is 0 Å². The van der Waals surface area contributed by atoms with Gasteiger partial charge in [-0.2, -0.15) is 0 Å². The van der Waals surface area contributed by atoms with Crippen molar-refractivity contribution in [2.24, 2.45) is 0 Å². The zero-order chi connectivity index (χ0) is 19.8. The number of hydrogen-bond donors (Lipinski definition) is 2. The van der Waals surface area contributed by atoms with E-state index in [1.165, 1.54) is 48.5 Å². The number of benzene rings is 2. The van der Waals surface area contributed by atoms with Crippen molar-refractivity contribution in [3.63, 3.8) is 0 Å². The molecule has 0 amide bonds. The fourth-order valence-electron chi connectivity index (χ4n) is 1.92. The van der Waals surface area contributed by atoms with Gasteiger partial charge in [0, 0.05) is 24.3 Å². The predicted octanol–water partition coefficient (Wildman–Crippen LogP) is 2.33. The van der Waals surface area contributed by atoms with Gasteiger partial charge in [0.05, 0.1) is 9.85 Å². The molecule has 0 saturated heterocycles. The molecule has 2 atom stereocenters. The second kappa shape index (κ2) is 9.71. The van der Waals surface area contributed by atoms with Crippen molar-refractivity contribution in [2.45, 2.75) is 10.9 Å². The van der Waals surface area contributed by atoms with E-state index >= 15 is 0 Å².